The summed E-state index contributed by atoms with van der Waals surface area (Å²) in [5, 5.41) is 25.5. The van der Waals surface area contributed by atoms with Crippen LogP contribution in [0.25, 0.3) is 21.5 Å². The average molecular weight is 292 g/mol. The second kappa shape index (κ2) is 3.87. The number of hydrogen-bond donors (Lipinski definition) is 2. The fraction of sp³-hybridized carbons (Fsp3) is 0.263. The normalized spacial score (nSPS) is 29.4. The molecule has 2 N–H and O–H groups in total. The first kappa shape index (κ1) is 12.6. The molecule has 0 spiro atoms. The molecule has 0 amide bonds. The molecule has 3 atom stereocenters. The van der Waals surface area contributed by atoms with Crippen molar-refractivity contribution in [1.29, 1.82) is 0 Å². The average Bonchev–Trinajstić information content (AvgIpc) is 3.19. The number of epoxide rings is 1. The van der Waals surface area contributed by atoms with Crippen molar-refractivity contribution < 1.29 is 14.9 Å². The topological polar surface area (TPSA) is 53.0 Å². The highest BCUT2D eigenvalue weighted by atomic mass is 16.7. The molecule has 3 aromatic carbocycles. The van der Waals surface area contributed by atoms with E-state index in [0.29, 0.717) is 6.42 Å². The smallest absolute Gasteiger partial charge is 0.224 e. The highest BCUT2D eigenvalue weighted by molar-refractivity contribution is 6.09. The summed E-state index contributed by atoms with van der Waals surface area (Å²) in [6, 6.07) is 14.7. The van der Waals surface area contributed by atoms with Gasteiger partial charge in [-0.15, -0.1) is 0 Å². The molecule has 1 saturated heterocycles. The molecule has 1 heterocycles. The number of ether oxygens (including phenoxy) is 1. The molecule has 1 aliphatic heterocycles. The summed E-state index contributed by atoms with van der Waals surface area (Å²) in [5.74, 6) is -1.37. The van der Waals surface area contributed by atoms with Gasteiger partial charge in [0.15, 0.2) is 0 Å². The van der Waals surface area contributed by atoms with Gasteiger partial charge >= 0.3 is 0 Å². The molecule has 0 aromatic heterocycles. The molecule has 0 saturated carbocycles. The number of aliphatic hydroxyl groups is 2. The maximum Gasteiger partial charge on any atom is 0.224 e. The van der Waals surface area contributed by atoms with Crippen LogP contribution in [0.15, 0.2) is 42.5 Å². The Morgan fingerprint density at radius 1 is 1.09 bits per heavy atom. The van der Waals surface area contributed by atoms with Gasteiger partial charge in [-0.25, -0.2) is 0 Å². The van der Waals surface area contributed by atoms with E-state index in [1.807, 2.05) is 19.1 Å². The fourth-order valence-electron chi connectivity index (χ4n) is 3.99. The summed E-state index contributed by atoms with van der Waals surface area (Å²) in [6.45, 7) is 2.02. The lowest BCUT2D eigenvalue weighted by molar-refractivity contribution is -0.0748. The van der Waals surface area contributed by atoms with Gasteiger partial charge in [0, 0.05) is 6.42 Å². The molecule has 0 bridgehead atoms. The van der Waals surface area contributed by atoms with Crippen LogP contribution in [0.2, 0.25) is 0 Å². The predicted octanol–water partition coefficient (Wildman–Crippen LogP) is 2.98. The van der Waals surface area contributed by atoms with E-state index in [2.05, 4.69) is 30.3 Å². The summed E-state index contributed by atoms with van der Waals surface area (Å²) in [4.78, 5) is 0. The monoisotopic (exact) mass is 292 g/mol. The number of aryl methyl sites for hydroxylation is 1. The second-order valence-corrected chi connectivity index (χ2v) is 6.42. The van der Waals surface area contributed by atoms with Crippen LogP contribution in [0.5, 0.6) is 0 Å². The minimum Gasteiger partial charge on any atom is -0.383 e. The number of aliphatic hydroxyl groups excluding tert-OH is 1. The zero-order valence-electron chi connectivity index (χ0n) is 12.2. The van der Waals surface area contributed by atoms with Crippen LogP contribution in [-0.4, -0.2) is 22.1 Å². The van der Waals surface area contributed by atoms with E-state index in [9.17, 15) is 10.2 Å². The Morgan fingerprint density at radius 2 is 1.91 bits per heavy atom. The minimum atomic E-state index is -1.37. The fourth-order valence-corrected chi connectivity index (χ4v) is 3.99. The van der Waals surface area contributed by atoms with E-state index in [1.165, 1.54) is 16.2 Å². The zero-order valence-corrected chi connectivity index (χ0v) is 12.2. The lowest BCUT2D eigenvalue weighted by atomic mass is 9.81. The number of fused-ring (bicyclic) bond motifs is 5. The van der Waals surface area contributed by atoms with Crippen molar-refractivity contribution in [3.8, 4) is 0 Å². The highest BCUT2D eigenvalue weighted by Crippen LogP contribution is 2.52. The van der Waals surface area contributed by atoms with E-state index < -0.39 is 11.9 Å². The third-order valence-corrected chi connectivity index (χ3v) is 5.25. The Balaban J connectivity index is 1.89. The van der Waals surface area contributed by atoms with Gasteiger partial charge in [0.05, 0.1) is 0 Å². The number of benzene rings is 3. The van der Waals surface area contributed by atoms with Gasteiger partial charge in [0.1, 0.15) is 12.2 Å². The highest BCUT2D eigenvalue weighted by Gasteiger charge is 2.64. The molecule has 1 aliphatic carbocycles. The van der Waals surface area contributed by atoms with Crippen molar-refractivity contribution in [2.24, 2.45) is 0 Å². The summed E-state index contributed by atoms with van der Waals surface area (Å²) >= 11 is 0. The van der Waals surface area contributed by atoms with E-state index in [0.717, 1.165) is 22.1 Å². The van der Waals surface area contributed by atoms with E-state index in [1.54, 1.807) is 0 Å². The minimum absolute atomic E-state index is 0.276. The molecule has 5 rings (SSSR count). The Kier molecular flexibility index (Phi) is 2.22. The van der Waals surface area contributed by atoms with Crippen molar-refractivity contribution in [3.05, 3.63) is 59.2 Å². The molecule has 22 heavy (non-hydrogen) atoms. The molecule has 2 aliphatic rings. The van der Waals surface area contributed by atoms with Crippen molar-refractivity contribution in [3.63, 3.8) is 0 Å². The third kappa shape index (κ3) is 1.41. The SMILES string of the molecule is Cc1c2c(cc3c1ccc1ccccc13)CC1OC1(O)C2O. The van der Waals surface area contributed by atoms with E-state index in [4.69, 9.17) is 4.74 Å². The van der Waals surface area contributed by atoms with Crippen molar-refractivity contribution in [1.82, 2.24) is 0 Å². The van der Waals surface area contributed by atoms with Gasteiger partial charge in [0.25, 0.3) is 0 Å². The molecular weight excluding hydrogens is 276 g/mol. The number of hydrogen-bond acceptors (Lipinski definition) is 3. The molecule has 1 fully saturated rings. The summed E-state index contributed by atoms with van der Waals surface area (Å²) in [6.07, 6.45) is -0.581. The first-order valence-electron chi connectivity index (χ1n) is 7.61. The van der Waals surface area contributed by atoms with Gasteiger partial charge in [-0.2, -0.15) is 0 Å². The van der Waals surface area contributed by atoms with E-state index >= 15 is 0 Å². The van der Waals surface area contributed by atoms with Crippen LogP contribution in [0.4, 0.5) is 0 Å². The Hall–Kier alpha value is -1.94. The number of rotatable bonds is 0. The van der Waals surface area contributed by atoms with Crippen LogP contribution in [0.3, 0.4) is 0 Å². The molecule has 0 radical (unpaired) electrons. The van der Waals surface area contributed by atoms with Crippen LogP contribution in [0, 0.1) is 6.92 Å². The Labute approximate surface area is 127 Å². The third-order valence-electron chi connectivity index (χ3n) is 5.25. The van der Waals surface area contributed by atoms with Gasteiger partial charge in [-0.3, -0.25) is 0 Å². The van der Waals surface area contributed by atoms with Crippen molar-refractivity contribution in [2.45, 2.75) is 31.3 Å². The van der Waals surface area contributed by atoms with Crippen LogP contribution >= 0.6 is 0 Å². The van der Waals surface area contributed by atoms with Gasteiger partial charge < -0.3 is 14.9 Å². The largest absolute Gasteiger partial charge is 0.383 e. The van der Waals surface area contributed by atoms with Gasteiger partial charge in [-0.1, -0.05) is 42.5 Å². The second-order valence-electron chi connectivity index (χ2n) is 6.42. The van der Waals surface area contributed by atoms with Crippen molar-refractivity contribution >= 4 is 21.5 Å². The van der Waals surface area contributed by atoms with Gasteiger partial charge in [-0.05, 0) is 45.2 Å². The molecule has 3 heteroatoms. The predicted molar refractivity (Wildman–Crippen MR) is 84.7 cm³/mol. The molecule has 3 nitrogen and oxygen atoms in total. The van der Waals surface area contributed by atoms with Crippen LogP contribution in [-0.2, 0) is 11.2 Å². The van der Waals surface area contributed by atoms with Gasteiger partial charge in [0.2, 0.25) is 5.79 Å². The summed E-state index contributed by atoms with van der Waals surface area (Å²) < 4.78 is 5.33. The molecule has 110 valence electrons. The van der Waals surface area contributed by atoms with Crippen LogP contribution < -0.4 is 0 Å². The first-order chi connectivity index (χ1) is 10.6. The molecule has 3 aromatic rings. The van der Waals surface area contributed by atoms with Crippen LogP contribution in [0.1, 0.15) is 22.8 Å². The maximum absolute atomic E-state index is 10.5. The molecular formula is C19H16O3. The van der Waals surface area contributed by atoms with Crippen molar-refractivity contribution in [2.75, 3.05) is 0 Å². The lowest BCUT2D eigenvalue weighted by Crippen LogP contribution is -2.31. The lowest BCUT2D eigenvalue weighted by Gasteiger charge is -2.26. The Morgan fingerprint density at radius 3 is 2.77 bits per heavy atom. The molecule has 3 unspecified atom stereocenters. The maximum atomic E-state index is 10.5. The standard InChI is InChI=1S/C19H16O3/c1-10-13-7-6-11-4-2-3-5-14(11)15(13)8-12-9-16-19(21,22-16)18(20)17(10)12/h2-8,16,18,20-21H,9H2,1H3. The zero-order chi connectivity index (χ0) is 15.1. The Bertz CT molecular complexity index is 946. The van der Waals surface area contributed by atoms with E-state index in [-0.39, 0.29) is 6.10 Å². The quantitative estimate of drug-likeness (QED) is 0.495. The summed E-state index contributed by atoms with van der Waals surface area (Å²) in [7, 11) is 0. The summed E-state index contributed by atoms with van der Waals surface area (Å²) in [5.41, 5.74) is 2.95. The first-order valence-corrected chi connectivity index (χ1v) is 7.61.